The number of ether oxygens (including phenoxy) is 2. The van der Waals surface area contributed by atoms with Gasteiger partial charge in [-0.05, 0) is 47.5 Å². The van der Waals surface area contributed by atoms with Gasteiger partial charge in [0, 0.05) is 0 Å². The summed E-state index contributed by atoms with van der Waals surface area (Å²) in [4.78, 5) is 12.1. The van der Waals surface area contributed by atoms with Crippen molar-refractivity contribution in [1.82, 2.24) is 0 Å². The van der Waals surface area contributed by atoms with Gasteiger partial charge in [-0.1, -0.05) is 36.4 Å². The number of carbonyl (C=O) groups excluding carboxylic acids is 1. The lowest BCUT2D eigenvalue weighted by Crippen LogP contribution is -2.04. The summed E-state index contributed by atoms with van der Waals surface area (Å²) in [6.45, 7) is 0. The smallest absolute Gasteiger partial charge is 0.341 e. The minimum atomic E-state index is -0.495. The van der Waals surface area contributed by atoms with Crippen molar-refractivity contribution >= 4 is 5.97 Å². The second-order valence-electron chi connectivity index (χ2n) is 5.12. The predicted octanol–water partition coefficient (Wildman–Crippen LogP) is 5.07. The molecule has 0 aromatic heterocycles. The maximum absolute atomic E-state index is 13.0. The van der Waals surface area contributed by atoms with Crippen LogP contribution in [0.5, 0.6) is 11.5 Å². The van der Waals surface area contributed by atoms with Crippen molar-refractivity contribution in [3.8, 4) is 22.6 Å². The summed E-state index contributed by atoms with van der Waals surface area (Å²) in [5.74, 6) is -0.0537. The minimum absolute atomic E-state index is 0.308. The number of benzene rings is 3. The molecule has 120 valence electrons. The Bertz CT molecular complexity index is 843. The first-order chi connectivity index (χ1) is 11.7. The third-order valence-corrected chi connectivity index (χ3v) is 3.53. The highest BCUT2D eigenvalue weighted by atomic mass is 19.1. The van der Waals surface area contributed by atoms with E-state index < -0.39 is 5.97 Å². The zero-order valence-electron chi connectivity index (χ0n) is 13.0. The fraction of sp³-hybridized carbons (Fsp3) is 0.0500. The highest BCUT2D eigenvalue weighted by Crippen LogP contribution is 2.30. The molecule has 0 amide bonds. The van der Waals surface area contributed by atoms with E-state index in [1.165, 1.54) is 31.4 Å². The van der Waals surface area contributed by atoms with Crippen LogP contribution < -0.4 is 4.74 Å². The van der Waals surface area contributed by atoms with Crippen LogP contribution in [0.25, 0.3) is 11.1 Å². The average molecular weight is 322 g/mol. The van der Waals surface area contributed by atoms with Crippen LogP contribution in [0.4, 0.5) is 4.39 Å². The number of hydrogen-bond donors (Lipinski definition) is 0. The van der Waals surface area contributed by atoms with Crippen LogP contribution in [-0.2, 0) is 4.74 Å². The SMILES string of the molecule is COC(=O)c1cc(-c2ccccc2)ccc1Oc1ccc(F)cc1. The summed E-state index contributed by atoms with van der Waals surface area (Å²) in [6, 6.07) is 20.6. The zero-order chi connectivity index (χ0) is 16.9. The van der Waals surface area contributed by atoms with Crippen LogP contribution in [0.2, 0.25) is 0 Å². The molecule has 0 bridgehead atoms. The molecule has 3 nitrogen and oxygen atoms in total. The third kappa shape index (κ3) is 3.43. The second-order valence-corrected chi connectivity index (χ2v) is 5.12. The van der Waals surface area contributed by atoms with Gasteiger partial charge in [0.25, 0.3) is 0 Å². The van der Waals surface area contributed by atoms with E-state index in [2.05, 4.69) is 0 Å². The van der Waals surface area contributed by atoms with Crippen molar-refractivity contribution in [3.05, 3.63) is 84.2 Å². The van der Waals surface area contributed by atoms with Crippen molar-refractivity contribution in [2.75, 3.05) is 7.11 Å². The summed E-state index contributed by atoms with van der Waals surface area (Å²) in [5.41, 5.74) is 2.17. The quantitative estimate of drug-likeness (QED) is 0.629. The first-order valence-corrected chi connectivity index (χ1v) is 7.38. The van der Waals surface area contributed by atoms with E-state index in [1.807, 2.05) is 36.4 Å². The van der Waals surface area contributed by atoms with Crippen molar-refractivity contribution < 1.29 is 18.7 Å². The number of rotatable bonds is 4. The molecule has 0 aliphatic heterocycles. The van der Waals surface area contributed by atoms with E-state index in [0.717, 1.165) is 11.1 Å². The molecule has 0 aliphatic rings. The van der Waals surface area contributed by atoms with E-state index in [1.54, 1.807) is 12.1 Å². The Morgan fingerprint density at radius 3 is 2.25 bits per heavy atom. The molecular formula is C20H15FO3. The normalized spacial score (nSPS) is 10.2. The number of methoxy groups -OCH3 is 1. The van der Waals surface area contributed by atoms with Crippen LogP contribution in [0, 0.1) is 5.82 Å². The fourth-order valence-electron chi connectivity index (χ4n) is 2.33. The van der Waals surface area contributed by atoms with E-state index in [4.69, 9.17) is 9.47 Å². The maximum atomic E-state index is 13.0. The van der Waals surface area contributed by atoms with Gasteiger partial charge in [0.1, 0.15) is 22.9 Å². The van der Waals surface area contributed by atoms with Gasteiger partial charge in [-0.2, -0.15) is 0 Å². The third-order valence-electron chi connectivity index (χ3n) is 3.53. The zero-order valence-corrected chi connectivity index (χ0v) is 13.0. The molecule has 24 heavy (non-hydrogen) atoms. The standard InChI is InChI=1S/C20H15FO3/c1-23-20(22)18-13-15(14-5-3-2-4-6-14)7-12-19(18)24-17-10-8-16(21)9-11-17/h2-13H,1H3. The Balaban J connectivity index is 1.99. The highest BCUT2D eigenvalue weighted by Gasteiger charge is 2.15. The predicted molar refractivity (Wildman–Crippen MR) is 89.7 cm³/mol. The Kier molecular flexibility index (Phi) is 4.57. The van der Waals surface area contributed by atoms with Gasteiger partial charge in [0.05, 0.1) is 7.11 Å². The molecule has 3 aromatic rings. The Labute approximate surface area is 139 Å². The van der Waals surface area contributed by atoms with Gasteiger partial charge in [-0.15, -0.1) is 0 Å². The molecule has 0 unspecified atom stereocenters. The molecule has 0 saturated carbocycles. The van der Waals surface area contributed by atoms with E-state index in [0.29, 0.717) is 17.1 Å². The second kappa shape index (κ2) is 6.96. The van der Waals surface area contributed by atoms with Gasteiger partial charge in [0.2, 0.25) is 0 Å². The Hall–Kier alpha value is -3.14. The molecule has 0 fully saturated rings. The minimum Gasteiger partial charge on any atom is -0.465 e. The largest absolute Gasteiger partial charge is 0.465 e. The van der Waals surface area contributed by atoms with Crippen LogP contribution in [0.15, 0.2) is 72.8 Å². The summed E-state index contributed by atoms with van der Waals surface area (Å²) in [6.07, 6.45) is 0. The highest BCUT2D eigenvalue weighted by molar-refractivity contribution is 5.94. The lowest BCUT2D eigenvalue weighted by molar-refractivity contribution is 0.0598. The number of halogens is 1. The summed E-state index contributed by atoms with van der Waals surface area (Å²) in [7, 11) is 1.32. The lowest BCUT2D eigenvalue weighted by atomic mass is 10.0. The topological polar surface area (TPSA) is 35.5 Å². The van der Waals surface area contributed by atoms with E-state index >= 15 is 0 Å². The molecule has 0 atom stereocenters. The molecule has 0 radical (unpaired) electrons. The number of hydrogen-bond acceptors (Lipinski definition) is 3. The van der Waals surface area contributed by atoms with Gasteiger partial charge in [-0.25, -0.2) is 9.18 Å². The van der Waals surface area contributed by atoms with Crippen LogP contribution in [0.1, 0.15) is 10.4 Å². The molecule has 0 heterocycles. The lowest BCUT2D eigenvalue weighted by Gasteiger charge is -2.12. The van der Waals surface area contributed by atoms with Crippen molar-refractivity contribution in [3.63, 3.8) is 0 Å². The van der Waals surface area contributed by atoms with Gasteiger partial charge < -0.3 is 9.47 Å². The molecule has 3 aromatic carbocycles. The van der Waals surface area contributed by atoms with Crippen LogP contribution >= 0.6 is 0 Å². The van der Waals surface area contributed by atoms with Crippen LogP contribution in [-0.4, -0.2) is 13.1 Å². The number of esters is 1. The first kappa shape index (κ1) is 15.7. The molecule has 0 N–H and O–H groups in total. The Morgan fingerprint density at radius 2 is 1.58 bits per heavy atom. The summed E-state index contributed by atoms with van der Waals surface area (Å²) in [5, 5.41) is 0. The maximum Gasteiger partial charge on any atom is 0.341 e. The first-order valence-electron chi connectivity index (χ1n) is 7.38. The fourth-order valence-corrected chi connectivity index (χ4v) is 2.33. The summed E-state index contributed by atoms with van der Waals surface area (Å²) >= 11 is 0. The molecule has 0 spiro atoms. The monoisotopic (exact) mass is 322 g/mol. The van der Waals surface area contributed by atoms with Crippen molar-refractivity contribution in [1.29, 1.82) is 0 Å². The number of carbonyl (C=O) groups is 1. The summed E-state index contributed by atoms with van der Waals surface area (Å²) < 4.78 is 23.6. The van der Waals surface area contributed by atoms with Crippen molar-refractivity contribution in [2.45, 2.75) is 0 Å². The van der Waals surface area contributed by atoms with Gasteiger partial charge >= 0.3 is 5.97 Å². The van der Waals surface area contributed by atoms with Gasteiger partial charge in [0.15, 0.2) is 0 Å². The molecule has 0 aliphatic carbocycles. The van der Waals surface area contributed by atoms with E-state index in [-0.39, 0.29) is 5.82 Å². The molecule has 0 saturated heterocycles. The Morgan fingerprint density at radius 1 is 0.875 bits per heavy atom. The molecule has 4 heteroatoms. The average Bonchev–Trinajstić information content (AvgIpc) is 2.64. The van der Waals surface area contributed by atoms with E-state index in [9.17, 15) is 9.18 Å². The van der Waals surface area contributed by atoms with Crippen LogP contribution in [0.3, 0.4) is 0 Å². The molecule has 3 rings (SSSR count). The van der Waals surface area contributed by atoms with Crippen molar-refractivity contribution in [2.24, 2.45) is 0 Å². The van der Waals surface area contributed by atoms with Gasteiger partial charge in [-0.3, -0.25) is 0 Å². The molecular weight excluding hydrogens is 307 g/mol.